The van der Waals surface area contributed by atoms with Crippen LogP contribution in [-0.4, -0.2) is 32.2 Å². The molecule has 0 atom stereocenters. The number of hydrogen-bond acceptors (Lipinski definition) is 4. The Hall–Kier alpha value is -1.36. The maximum atomic E-state index is 5.99. The summed E-state index contributed by atoms with van der Waals surface area (Å²) in [6, 6.07) is 2.47. The van der Waals surface area contributed by atoms with Gasteiger partial charge in [0.25, 0.3) is 5.78 Å². The van der Waals surface area contributed by atoms with E-state index in [1.165, 1.54) is 19.2 Å². The lowest BCUT2D eigenvalue weighted by molar-refractivity contribution is 0.771. The third-order valence-corrected chi connectivity index (χ3v) is 3.02. The zero-order valence-electron chi connectivity index (χ0n) is 8.97. The number of anilines is 1. The lowest BCUT2D eigenvalue weighted by Crippen LogP contribution is -2.27. The van der Waals surface area contributed by atoms with Gasteiger partial charge in [-0.25, -0.2) is 0 Å². The van der Waals surface area contributed by atoms with E-state index in [0.717, 1.165) is 12.4 Å². The molecule has 3 rings (SSSR count). The molecule has 0 radical (unpaired) electrons. The van der Waals surface area contributed by atoms with Crippen LogP contribution in [0.2, 0.25) is 5.15 Å². The Morgan fingerprint density at radius 1 is 1.56 bits per heavy atom. The van der Waals surface area contributed by atoms with E-state index in [2.05, 4.69) is 26.9 Å². The molecule has 0 saturated heterocycles. The number of aromatic nitrogens is 4. The van der Waals surface area contributed by atoms with Gasteiger partial charge in [-0.15, -0.1) is 0 Å². The van der Waals surface area contributed by atoms with Gasteiger partial charge >= 0.3 is 0 Å². The second-order valence-corrected chi connectivity index (χ2v) is 4.31. The number of halogens is 1. The van der Waals surface area contributed by atoms with Crippen molar-refractivity contribution in [2.75, 3.05) is 11.4 Å². The molecule has 1 saturated carbocycles. The van der Waals surface area contributed by atoms with E-state index in [1.54, 1.807) is 4.52 Å². The number of hydrogen-bond donors (Lipinski definition) is 0. The van der Waals surface area contributed by atoms with Crippen molar-refractivity contribution < 1.29 is 0 Å². The standard InChI is InChI=1S/C10H12ClN5/c1-2-15(7-3-4-7)9-5-8(11)14-10-12-6-13-16(9)10/h5-7H,2-4H2,1H3. The van der Waals surface area contributed by atoms with Crippen molar-refractivity contribution in [1.82, 2.24) is 19.6 Å². The molecule has 16 heavy (non-hydrogen) atoms. The quantitative estimate of drug-likeness (QED) is 0.764. The first kappa shape index (κ1) is 9.84. The van der Waals surface area contributed by atoms with Gasteiger partial charge in [0.15, 0.2) is 0 Å². The molecule has 0 N–H and O–H groups in total. The Labute approximate surface area is 98.1 Å². The summed E-state index contributed by atoms with van der Waals surface area (Å²) in [6.45, 7) is 3.08. The van der Waals surface area contributed by atoms with Crippen LogP contribution in [0.3, 0.4) is 0 Å². The topological polar surface area (TPSA) is 46.3 Å². The summed E-state index contributed by atoms with van der Waals surface area (Å²) in [4.78, 5) is 10.5. The molecule has 0 aromatic carbocycles. The smallest absolute Gasteiger partial charge is 0.255 e. The van der Waals surface area contributed by atoms with Crippen LogP contribution in [0.15, 0.2) is 12.4 Å². The van der Waals surface area contributed by atoms with Gasteiger partial charge < -0.3 is 4.90 Å². The molecule has 2 aromatic heterocycles. The second-order valence-electron chi connectivity index (χ2n) is 3.93. The monoisotopic (exact) mass is 237 g/mol. The van der Waals surface area contributed by atoms with Crippen LogP contribution >= 0.6 is 11.6 Å². The van der Waals surface area contributed by atoms with Crippen LogP contribution in [0.25, 0.3) is 5.78 Å². The molecule has 2 aromatic rings. The fourth-order valence-corrected chi connectivity index (χ4v) is 2.14. The molecule has 1 aliphatic rings. The van der Waals surface area contributed by atoms with Gasteiger partial charge in [0.05, 0.1) is 0 Å². The maximum Gasteiger partial charge on any atom is 0.255 e. The summed E-state index contributed by atoms with van der Waals surface area (Å²) in [5.74, 6) is 1.54. The highest BCUT2D eigenvalue weighted by Crippen LogP contribution is 2.31. The first-order valence-corrected chi connectivity index (χ1v) is 5.80. The van der Waals surface area contributed by atoms with Crippen molar-refractivity contribution in [2.24, 2.45) is 0 Å². The van der Waals surface area contributed by atoms with Crippen LogP contribution in [0.1, 0.15) is 19.8 Å². The van der Waals surface area contributed by atoms with Crippen LogP contribution in [0.4, 0.5) is 5.82 Å². The van der Waals surface area contributed by atoms with Crippen molar-refractivity contribution >= 4 is 23.2 Å². The highest BCUT2D eigenvalue weighted by molar-refractivity contribution is 6.29. The average molecular weight is 238 g/mol. The molecular formula is C10H12ClN5. The lowest BCUT2D eigenvalue weighted by atomic mass is 10.4. The van der Waals surface area contributed by atoms with Gasteiger partial charge in [0.1, 0.15) is 17.3 Å². The lowest BCUT2D eigenvalue weighted by Gasteiger charge is -2.22. The van der Waals surface area contributed by atoms with Gasteiger partial charge in [0, 0.05) is 18.7 Å². The van der Waals surface area contributed by atoms with E-state index in [1.807, 2.05) is 6.07 Å². The predicted molar refractivity (Wildman–Crippen MR) is 61.8 cm³/mol. The molecule has 1 aliphatic carbocycles. The van der Waals surface area contributed by atoms with E-state index in [-0.39, 0.29) is 0 Å². The van der Waals surface area contributed by atoms with E-state index >= 15 is 0 Å². The minimum absolute atomic E-state index is 0.467. The first-order valence-electron chi connectivity index (χ1n) is 5.42. The van der Waals surface area contributed by atoms with Gasteiger partial charge in [-0.05, 0) is 19.8 Å². The molecule has 84 valence electrons. The van der Waals surface area contributed by atoms with Gasteiger partial charge in [-0.2, -0.15) is 19.6 Å². The third-order valence-electron chi connectivity index (χ3n) is 2.82. The highest BCUT2D eigenvalue weighted by Gasteiger charge is 2.30. The Bertz CT molecular complexity index is 519. The minimum Gasteiger partial charge on any atom is -0.354 e. The molecule has 1 fully saturated rings. The zero-order chi connectivity index (χ0) is 11.1. The van der Waals surface area contributed by atoms with E-state index in [0.29, 0.717) is 17.0 Å². The Morgan fingerprint density at radius 2 is 2.38 bits per heavy atom. The molecule has 0 aliphatic heterocycles. The number of fused-ring (bicyclic) bond motifs is 1. The van der Waals surface area contributed by atoms with Crippen LogP contribution in [0, 0.1) is 0 Å². The number of nitrogens with zero attached hydrogens (tertiary/aromatic N) is 5. The Morgan fingerprint density at radius 3 is 3.06 bits per heavy atom. The van der Waals surface area contributed by atoms with Crippen molar-refractivity contribution in [3.63, 3.8) is 0 Å². The summed E-state index contributed by atoms with van der Waals surface area (Å²) in [6.07, 6.45) is 3.98. The van der Waals surface area contributed by atoms with Crippen LogP contribution in [-0.2, 0) is 0 Å². The maximum absolute atomic E-state index is 5.99. The fraction of sp³-hybridized carbons (Fsp3) is 0.500. The predicted octanol–water partition coefficient (Wildman–Crippen LogP) is 1.77. The third kappa shape index (κ3) is 1.51. The summed E-state index contributed by atoms with van der Waals surface area (Å²) in [5, 5.41) is 4.65. The molecular weight excluding hydrogens is 226 g/mol. The highest BCUT2D eigenvalue weighted by atomic mass is 35.5. The first-order chi connectivity index (χ1) is 7.79. The van der Waals surface area contributed by atoms with Crippen molar-refractivity contribution in [3.05, 3.63) is 17.5 Å². The van der Waals surface area contributed by atoms with E-state index in [9.17, 15) is 0 Å². The molecule has 0 unspecified atom stereocenters. The molecule has 6 heteroatoms. The van der Waals surface area contributed by atoms with Gasteiger partial charge in [0.2, 0.25) is 0 Å². The normalized spacial score (nSPS) is 15.6. The fourth-order valence-electron chi connectivity index (χ4n) is 1.97. The molecule has 0 spiro atoms. The van der Waals surface area contributed by atoms with Crippen LogP contribution < -0.4 is 4.90 Å². The minimum atomic E-state index is 0.467. The molecule has 5 nitrogen and oxygen atoms in total. The largest absolute Gasteiger partial charge is 0.354 e. The number of rotatable bonds is 3. The van der Waals surface area contributed by atoms with Gasteiger partial charge in [-0.3, -0.25) is 0 Å². The summed E-state index contributed by atoms with van der Waals surface area (Å²) in [7, 11) is 0. The van der Waals surface area contributed by atoms with Crippen molar-refractivity contribution in [3.8, 4) is 0 Å². The van der Waals surface area contributed by atoms with E-state index < -0.39 is 0 Å². The summed E-state index contributed by atoms with van der Waals surface area (Å²) in [5.41, 5.74) is 0. The Kier molecular flexibility index (Phi) is 2.21. The average Bonchev–Trinajstić information content (AvgIpc) is 2.97. The van der Waals surface area contributed by atoms with Crippen molar-refractivity contribution in [2.45, 2.75) is 25.8 Å². The van der Waals surface area contributed by atoms with Crippen LogP contribution in [0.5, 0.6) is 0 Å². The molecule has 0 bridgehead atoms. The molecule has 2 heterocycles. The SMILES string of the molecule is CCN(c1cc(Cl)nc2ncnn12)C1CC1. The summed E-state index contributed by atoms with van der Waals surface area (Å²) >= 11 is 5.99. The van der Waals surface area contributed by atoms with Crippen molar-refractivity contribution in [1.29, 1.82) is 0 Å². The van der Waals surface area contributed by atoms with Gasteiger partial charge in [-0.1, -0.05) is 11.6 Å². The molecule has 0 amide bonds. The van der Waals surface area contributed by atoms with E-state index in [4.69, 9.17) is 11.6 Å². The second kappa shape index (κ2) is 3.59. The Balaban J connectivity index is 2.15. The zero-order valence-corrected chi connectivity index (χ0v) is 9.72. The summed E-state index contributed by atoms with van der Waals surface area (Å²) < 4.78 is 1.74.